The number of thioether (sulfide) groups is 1. The number of amides is 3. The van der Waals surface area contributed by atoms with Crippen LogP contribution in [0.4, 0.5) is 0 Å². The van der Waals surface area contributed by atoms with E-state index in [2.05, 4.69) is 0 Å². The number of nitrogens with zero attached hydrogens (tertiary/aromatic N) is 2. The lowest BCUT2D eigenvalue weighted by Crippen LogP contribution is -2.45. The molecule has 7 nitrogen and oxygen atoms in total. The average molecular weight is 334 g/mol. The molecule has 8 heteroatoms. The number of fused-ring (bicyclic) bond motifs is 1. The number of hydroxylamine groups is 2. The summed E-state index contributed by atoms with van der Waals surface area (Å²) in [6.07, 6.45) is 0.275. The average Bonchev–Trinajstić information content (AvgIpc) is 3.14. The van der Waals surface area contributed by atoms with Crippen molar-refractivity contribution < 1.29 is 24.0 Å². The highest BCUT2D eigenvalue weighted by Gasteiger charge is 2.42. The third kappa shape index (κ3) is 2.59. The van der Waals surface area contributed by atoms with E-state index in [1.165, 1.54) is 28.8 Å². The predicted molar refractivity (Wildman–Crippen MR) is 81.3 cm³/mol. The molecule has 1 aromatic carbocycles. The zero-order valence-electron chi connectivity index (χ0n) is 12.4. The molecule has 0 unspecified atom stereocenters. The first-order valence-electron chi connectivity index (χ1n) is 7.11. The van der Waals surface area contributed by atoms with Crippen LogP contribution in [0.1, 0.15) is 34.1 Å². The molecule has 2 aliphatic heterocycles. The van der Waals surface area contributed by atoms with Crippen molar-refractivity contribution in [2.24, 2.45) is 0 Å². The molecule has 0 N–H and O–H groups in total. The molecule has 0 radical (unpaired) electrons. The molecule has 2 aliphatic rings. The molecule has 0 spiro atoms. The maximum atomic E-state index is 12.3. The van der Waals surface area contributed by atoms with Gasteiger partial charge in [-0.05, 0) is 12.1 Å². The maximum Gasteiger partial charge on any atom is 0.356 e. The van der Waals surface area contributed by atoms with Crippen LogP contribution >= 0.6 is 11.8 Å². The molecule has 1 atom stereocenters. The van der Waals surface area contributed by atoms with Crippen LogP contribution in [0, 0.1) is 0 Å². The molecule has 3 amide bonds. The summed E-state index contributed by atoms with van der Waals surface area (Å²) in [6.45, 7) is 1.71. The van der Waals surface area contributed by atoms with Crippen molar-refractivity contribution in [2.45, 2.75) is 19.4 Å². The van der Waals surface area contributed by atoms with Gasteiger partial charge in [0.25, 0.3) is 11.8 Å². The second-order valence-electron chi connectivity index (χ2n) is 5.09. The summed E-state index contributed by atoms with van der Waals surface area (Å²) in [7, 11) is 0. The summed E-state index contributed by atoms with van der Waals surface area (Å²) >= 11 is 1.43. The van der Waals surface area contributed by atoms with Crippen LogP contribution in [-0.4, -0.2) is 51.3 Å². The van der Waals surface area contributed by atoms with Crippen molar-refractivity contribution in [3.8, 4) is 0 Å². The van der Waals surface area contributed by atoms with E-state index in [1.807, 2.05) is 0 Å². The summed E-state index contributed by atoms with van der Waals surface area (Å²) < 4.78 is 0. The molecule has 23 heavy (non-hydrogen) atoms. The molecule has 0 aromatic heterocycles. The Morgan fingerprint density at radius 2 is 1.83 bits per heavy atom. The Morgan fingerprint density at radius 3 is 2.39 bits per heavy atom. The van der Waals surface area contributed by atoms with Gasteiger partial charge in [-0.15, -0.1) is 11.8 Å². The molecule has 0 bridgehead atoms. The van der Waals surface area contributed by atoms with Crippen LogP contribution in [0.2, 0.25) is 0 Å². The van der Waals surface area contributed by atoms with Gasteiger partial charge in [-0.2, -0.15) is 0 Å². The van der Waals surface area contributed by atoms with E-state index in [-0.39, 0.29) is 23.5 Å². The SMILES string of the molecule is CCC(=O)N1CSC[C@H]1C(=O)ON1C(=O)c2ccccc2C1=O. The number of carbonyl (C=O) groups excluding carboxylic acids is 4. The van der Waals surface area contributed by atoms with Gasteiger partial charge >= 0.3 is 5.97 Å². The van der Waals surface area contributed by atoms with E-state index < -0.39 is 23.8 Å². The van der Waals surface area contributed by atoms with Crippen LogP contribution in [-0.2, 0) is 14.4 Å². The smallest absolute Gasteiger partial charge is 0.327 e. The van der Waals surface area contributed by atoms with Crippen LogP contribution in [0.5, 0.6) is 0 Å². The van der Waals surface area contributed by atoms with Crippen molar-refractivity contribution in [3.63, 3.8) is 0 Å². The second kappa shape index (κ2) is 6.04. The number of hydrogen-bond donors (Lipinski definition) is 0. The van der Waals surface area contributed by atoms with Gasteiger partial charge in [0, 0.05) is 12.2 Å². The van der Waals surface area contributed by atoms with Gasteiger partial charge in [-0.25, -0.2) is 4.79 Å². The topological polar surface area (TPSA) is 84.0 Å². The van der Waals surface area contributed by atoms with Crippen molar-refractivity contribution in [2.75, 3.05) is 11.6 Å². The van der Waals surface area contributed by atoms with Crippen LogP contribution in [0.25, 0.3) is 0 Å². The Bertz CT molecular complexity index is 670. The standard InChI is InChI=1S/C15H14N2O5S/c1-2-12(18)16-8-23-7-11(16)15(21)22-17-13(19)9-5-3-4-6-10(9)14(17)20/h3-6,11H,2,7-8H2,1H3/t11-/m0/s1. The Morgan fingerprint density at radius 1 is 1.22 bits per heavy atom. The Kier molecular flexibility index (Phi) is 4.08. The minimum Gasteiger partial charge on any atom is -0.327 e. The second-order valence-corrected chi connectivity index (χ2v) is 6.09. The first-order valence-corrected chi connectivity index (χ1v) is 8.27. The van der Waals surface area contributed by atoms with Crippen LogP contribution < -0.4 is 0 Å². The number of carbonyl (C=O) groups is 4. The van der Waals surface area contributed by atoms with Crippen molar-refractivity contribution in [1.29, 1.82) is 0 Å². The molecule has 1 fully saturated rings. The summed E-state index contributed by atoms with van der Waals surface area (Å²) in [5, 5.41) is 0.477. The van der Waals surface area contributed by atoms with Gasteiger partial charge < -0.3 is 9.74 Å². The van der Waals surface area contributed by atoms with E-state index in [9.17, 15) is 19.2 Å². The maximum absolute atomic E-state index is 12.3. The lowest BCUT2D eigenvalue weighted by atomic mass is 10.1. The Labute approximate surface area is 136 Å². The number of imide groups is 1. The van der Waals surface area contributed by atoms with Crippen molar-refractivity contribution in [3.05, 3.63) is 35.4 Å². The molecule has 3 rings (SSSR count). The molecule has 1 saturated heterocycles. The zero-order valence-corrected chi connectivity index (χ0v) is 13.2. The lowest BCUT2D eigenvalue weighted by molar-refractivity contribution is -0.175. The van der Waals surface area contributed by atoms with Crippen LogP contribution in [0.15, 0.2) is 24.3 Å². The molecular weight excluding hydrogens is 320 g/mol. The third-order valence-electron chi connectivity index (χ3n) is 3.72. The van der Waals surface area contributed by atoms with E-state index in [1.54, 1.807) is 19.1 Å². The Hall–Kier alpha value is -2.35. The third-order valence-corrected chi connectivity index (χ3v) is 4.73. The normalized spacial score (nSPS) is 20.0. The summed E-state index contributed by atoms with van der Waals surface area (Å²) in [6, 6.07) is 5.48. The number of hydrogen-bond acceptors (Lipinski definition) is 6. The van der Waals surface area contributed by atoms with Gasteiger partial charge in [0.1, 0.15) is 6.04 Å². The molecule has 0 aliphatic carbocycles. The fraction of sp³-hybridized carbons (Fsp3) is 0.333. The zero-order chi connectivity index (χ0) is 16.6. The summed E-state index contributed by atoms with van der Waals surface area (Å²) in [4.78, 5) is 54.9. The quantitative estimate of drug-likeness (QED) is 0.768. The van der Waals surface area contributed by atoms with E-state index in [4.69, 9.17) is 4.84 Å². The monoisotopic (exact) mass is 334 g/mol. The highest BCUT2D eigenvalue weighted by Crippen LogP contribution is 2.26. The fourth-order valence-corrected chi connectivity index (χ4v) is 3.65. The van der Waals surface area contributed by atoms with Crippen LogP contribution in [0.3, 0.4) is 0 Å². The number of rotatable bonds is 3. The molecule has 0 saturated carbocycles. The molecule has 2 heterocycles. The van der Waals surface area contributed by atoms with E-state index in [0.717, 1.165) is 0 Å². The van der Waals surface area contributed by atoms with Gasteiger partial charge in [0.15, 0.2) is 0 Å². The van der Waals surface area contributed by atoms with Crippen molar-refractivity contribution >= 4 is 35.5 Å². The molecule has 1 aromatic rings. The highest BCUT2D eigenvalue weighted by molar-refractivity contribution is 7.99. The first kappa shape index (κ1) is 15.5. The number of benzene rings is 1. The van der Waals surface area contributed by atoms with Gasteiger partial charge in [0.05, 0.1) is 17.0 Å². The lowest BCUT2D eigenvalue weighted by Gasteiger charge is -2.23. The predicted octanol–water partition coefficient (Wildman–Crippen LogP) is 1.05. The van der Waals surface area contributed by atoms with Gasteiger partial charge in [-0.3, -0.25) is 14.4 Å². The minimum atomic E-state index is -0.781. The highest BCUT2D eigenvalue weighted by atomic mass is 32.2. The Balaban J connectivity index is 1.75. The fourth-order valence-electron chi connectivity index (χ4n) is 2.49. The minimum absolute atomic E-state index is 0.167. The summed E-state index contributed by atoms with van der Waals surface area (Å²) in [5.41, 5.74) is 0.403. The van der Waals surface area contributed by atoms with Gasteiger partial charge in [0.2, 0.25) is 5.91 Å². The van der Waals surface area contributed by atoms with E-state index in [0.29, 0.717) is 16.7 Å². The largest absolute Gasteiger partial charge is 0.356 e. The van der Waals surface area contributed by atoms with Gasteiger partial charge in [-0.1, -0.05) is 24.1 Å². The molecule has 120 valence electrons. The molecular formula is C15H14N2O5S. The summed E-state index contributed by atoms with van der Waals surface area (Å²) in [5.74, 6) is -1.50. The van der Waals surface area contributed by atoms with Crippen molar-refractivity contribution in [1.82, 2.24) is 9.96 Å². The first-order chi connectivity index (χ1) is 11.0. The van der Waals surface area contributed by atoms with E-state index >= 15 is 0 Å².